The van der Waals surface area contributed by atoms with Gasteiger partial charge in [0.15, 0.2) is 4.77 Å². The molecule has 0 radical (unpaired) electrons. The number of hydrogen-bond donors (Lipinski definition) is 1. The SMILES string of the molecule is N#Cc1ccccc1-n1c(=S)[nH]c2cc(Cl)c(Cl)cc21. The highest BCUT2D eigenvalue weighted by atomic mass is 35.5. The quantitative estimate of drug-likeness (QED) is 0.650. The van der Waals surface area contributed by atoms with E-state index in [-0.39, 0.29) is 0 Å². The Hall–Kier alpha value is -1.80. The van der Waals surface area contributed by atoms with E-state index in [1.165, 1.54) is 0 Å². The number of nitrogens with one attached hydrogen (secondary N) is 1. The van der Waals surface area contributed by atoms with Crippen molar-refractivity contribution in [2.75, 3.05) is 0 Å². The van der Waals surface area contributed by atoms with Gasteiger partial charge in [0.2, 0.25) is 0 Å². The Balaban J connectivity index is 2.43. The Labute approximate surface area is 130 Å². The Morgan fingerprint density at radius 2 is 1.85 bits per heavy atom. The van der Waals surface area contributed by atoms with Crippen LogP contribution in [0.3, 0.4) is 0 Å². The van der Waals surface area contributed by atoms with Gasteiger partial charge in [-0.15, -0.1) is 0 Å². The number of nitrogens with zero attached hydrogens (tertiary/aromatic N) is 2. The fraction of sp³-hybridized carbons (Fsp3) is 0. The summed E-state index contributed by atoms with van der Waals surface area (Å²) in [6.45, 7) is 0. The Kier molecular flexibility index (Phi) is 3.27. The molecule has 3 rings (SSSR count). The number of fused-ring (bicyclic) bond motifs is 1. The number of aromatic nitrogens is 2. The molecule has 1 N–H and O–H groups in total. The number of imidazole rings is 1. The summed E-state index contributed by atoms with van der Waals surface area (Å²) in [5.41, 5.74) is 2.81. The number of H-pyrrole nitrogens is 1. The molecule has 0 amide bonds. The largest absolute Gasteiger partial charge is 0.330 e. The minimum atomic E-state index is 0.441. The average Bonchev–Trinajstić information content (AvgIpc) is 2.74. The van der Waals surface area contributed by atoms with Gasteiger partial charge in [0, 0.05) is 0 Å². The standard InChI is InChI=1S/C14H7Cl2N3S/c15-9-5-11-13(6-10(9)16)19(14(20)18-11)12-4-2-1-3-8(12)7-17/h1-6H,(H,18,20). The van der Waals surface area contributed by atoms with Gasteiger partial charge in [-0.3, -0.25) is 4.57 Å². The minimum Gasteiger partial charge on any atom is -0.330 e. The zero-order valence-electron chi connectivity index (χ0n) is 10.0. The molecule has 98 valence electrons. The van der Waals surface area contributed by atoms with Crippen LogP contribution in [0.1, 0.15) is 5.56 Å². The predicted octanol–water partition coefficient (Wildman–Crippen LogP) is 4.87. The molecule has 0 atom stereocenters. The van der Waals surface area contributed by atoms with Crippen molar-refractivity contribution in [2.45, 2.75) is 0 Å². The number of nitriles is 1. The van der Waals surface area contributed by atoms with Crippen molar-refractivity contribution in [3.05, 3.63) is 56.8 Å². The van der Waals surface area contributed by atoms with Gasteiger partial charge in [0.1, 0.15) is 6.07 Å². The summed E-state index contributed by atoms with van der Waals surface area (Å²) in [5, 5.41) is 10.1. The number of para-hydroxylation sites is 1. The topological polar surface area (TPSA) is 44.5 Å². The lowest BCUT2D eigenvalue weighted by Crippen LogP contribution is -1.97. The van der Waals surface area contributed by atoms with Crippen molar-refractivity contribution in [3.8, 4) is 11.8 Å². The zero-order valence-corrected chi connectivity index (χ0v) is 12.4. The van der Waals surface area contributed by atoms with Crippen molar-refractivity contribution in [2.24, 2.45) is 0 Å². The molecule has 3 aromatic rings. The van der Waals surface area contributed by atoms with Crippen molar-refractivity contribution in [1.29, 1.82) is 5.26 Å². The van der Waals surface area contributed by atoms with Crippen molar-refractivity contribution in [1.82, 2.24) is 9.55 Å². The van der Waals surface area contributed by atoms with E-state index in [1.807, 2.05) is 18.2 Å². The highest BCUT2D eigenvalue weighted by molar-refractivity contribution is 7.71. The smallest absolute Gasteiger partial charge is 0.182 e. The van der Waals surface area contributed by atoms with Crippen LogP contribution in [0.15, 0.2) is 36.4 Å². The van der Waals surface area contributed by atoms with Crippen molar-refractivity contribution in [3.63, 3.8) is 0 Å². The fourth-order valence-electron chi connectivity index (χ4n) is 2.10. The Morgan fingerprint density at radius 1 is 1.15 bits per heavy atom. The molecular weight excluding hydrogens is 313 g/mol. The molecule has 1 heterocycles. The van der Waals surface area contributed by atoms with Gasteiger partial charge >= 0.3 is 0 Å². The second-order valence-electron chi connectivity index (χ2n) is 4.18. The second kappa shape index (κ2) is 4.95. The van der Waals surface area contributed by atoms with Crippen LogP contribution in [0.2, 0.25) is 10.0 Å². The van der Waals surface area contributed by atoms with E-state index < -0.39 is 0 Å². The van der Waals surface area contributed by atoms with Gasteiger partial charge in [-0.1, -0.05) is 35.3 Å². The molecule has 0 saturated heterocycles. The molecule has 0 aliphatic carbocycles. The van der Waals surface area contributed by atoms with Crippen molar-refractivity contribution >= 4 is 46.5 Å². The summed E-state index contributed by atoms with van der Waals surface area (Å²) < 4.78 is 2.27. The molecule has 0 saturated carbocycles. The molecule has 0 aliphatic rings. The zero-order chi connectivity index (χ0) is 14.3. The number of halogens is 2. The molecule has 0 fully saturated rings. The first-order valence-corrected chi connectivity index (χ1v) is 6.87. The second-order valence-corrected chi connectivity index (χ2v) is 5.38. The summed E-state index contributed by atoms with van der Waals surface area (Å²) in [6, 6.07) is 12.9. The van der Waals surface area contributed by atoms with E-state index in [0.29, 0.717) is 26.1 Å². The first-order chi connectivity index (χ1) is 9.61. The number of aromatic amines is 1. The summed E-state index contributed by atoms with van der Waals surface area (Å²) in [4.78, 5) is 3.07. The van der Waals surface area contributed by atoms with Gasteiger partial charge in [-0.2, -0.15) is 5.26 Å². The van der Waals surface area contributed by atoms with Crippen LogP contribution in [0, 0.1) is 16.1 Å². The van der Waals surface area contributed by atoms with Crippen LogP contribution in [-0.2, 0) is 0 Å². The van der Waals surface area contributed by atoms with Crippen LogP contribution in [0.5, 0.6) is 0 Å². The molecule has 0 unspecified atom stereocenters. The highest BCUT2D eigenvalue weighted by Gasteiger charge is 2.12. The first-order valence-electron chi connectivity index (χ1n) is 5.71. The van der Waals surface area contributed by atoms with Crippen molar-refractivity contribution < 1.29 is 0 Å². The van der Waals surface area contributed by atoms with E-state index in [1.54, 1.807) is 22.8 Å². The summed E-state index contributed by atoms with van der Waals surface area (Å²) in [7, 11) is 0. The average molecular weight is 320 g/mol. The Bertz CT molecular complexity index is 918. The normalized spacial score (nSPS) is 10.7. The third kappa shape index (κ3) is 2.01. The van der Waals surface area contributed by atoms with Crippen LogP contribution >= 0.6 is 35.4 Å². The maximum absolute atomic E-state index is 9.22. The van der Waals surface area contributed by atoms with Crippen LogP contribution in [0.25, 0.3) is 16.7 Å². The molecule has 20 heavy (non-hydrogen) atoms. The lowest BCUT2D eigenvalue weighted by atomic mass is 10.2. The van der Waals surface area contributed by atoms with Crippen LogP contribution in [-0.4, -0.2) is 9.55 Å². The van der Waals surface area contributed by atoms with Gasteiger partial charge in [0.05, 0.1) is 32.3 Å². The lowest BCUT2D eigenvalue weighted by molar-refractivity contribution is 1.06. The van der Waals surface area contributed by atoms with Gasteiger partial charge in [-0.05, 0) is 36.5 Å². The summed E-state index contributed by atoms with van der Waals surface area (Å²) in [6.07, 6.45) is 0. The lowest BCUT2D eigenvalue weighted by Gasteiger charge is -2.07. The third-order valence-electron chi connectivity index (χ3n) is 2.99. The monoisotopic (exact) mass is 319 g/mol. The molecule has 2 aromatic carbocycles. The molecule has 3 nitrogen and oxygen atoms in total. The molecule has 0 aliphatic heterocycles. The van der Waals surface area contributed by atoms with E-state index in [0.717, 1.165) is 11.0 Å². The van der Waals surface area contributed by atoms with Crippen LogP contribution in [0.4, 0.5) is 0 Å². The minimum absolute atomic E-state index is 0.441. The maximum atomic E-state index is 9.22. The predicted molar refractivity (Wildman–Crippen MR) is 83.2 cm³/mol. The number of rotatable bonds is 1. The Morgan fingerprint density at radius 3 is 2.60 bits per heavy atom. The molecule has 6 heteroatoms. The van der Waals surface area contributed by atoms with E-state index >= 15 is 0 Å². The maximum Gasteiger partial charge on any atom is 0.182 e. The summed E-state index contributed by atoms with van der Waals surface area (Å²) >= 11 is 17.4. The third-order valence-corrected chi connectivity index (χ3v) is 4.00. The molecule has 0 bridgehead atoms. The molecular formula is C14H7Cl2N3S. The van der Waals surface area contributed by atoms with E-state index in [4.69, 9.17) is 35.4 Å². The van der Waals surface area contributed by atoms with Gasteiger partial charge < -0.3 is 4.98 Å². The summed E-state index contributed by atoms with van der Waals surface area (Å²) in [5.74, 6) is 0. The molecule has 1 aromatic heterocycles. The van der Waals surface area contributed by atoms with Crippen LogP contribution < -0.4 is 0 Å². The highest BCUT2D eigenvalue weighted by Crippen LogP contribution is 2.29. The van der Waals surface area contributed by atoms with Gasteiger partial charge in [-0.25, -0.2) is 0 Å². The van der Waals surface area contributed by atoms with E-state index in [9.17, 15) is 5.26 Å². The van der Waals surface area contributed by atoms with Gasteiger partial charge in [0.25, 0.3) is 0 Å². The number of benzene rings is 2. The number of hydrogen-bond acceptors (Lipinski definition) is 2. The van der Waals surface area contributed by atoms with E-state index in [2.05, 4.69) is 11.1 Å². The fourth-order valence-corrected chi connectivity index (χ4v) is 2.73. The molecule has 0 spiro atoms. The first kappa shape index (κ1) is 13.2.